The molecule has 2 saturated carbocycles. The molecule has 0 radical (unpaired) electrons. The SMILES string of the molecule is CC(C)CCC[C@@H](C)[C@H]1CC[C@H]2/C(=C/C3C4=C(CC5C(=O)OC(=O)C35)[C@@H](O)C[C@H](O)C4)CCC[C@]12C. The predicted octanol–water partition coefficient (Wildman–Crippen LogP) is 5.74. The lowest BCUT2D eigenvalue weighted by Gasteiger charge is -2.45. The Hall–Kier alpha value is -1.46. The van der Waals surface area contributed by atoms with E-state index in [4.69, 9.17) is 4.74 Å². The third-order valence-corrected chi connectivity index (χ3v) is 10.8. The summed E-state index contributed by atoms with van der Waals surface area (Å²) in [4.78, 5) is 25.4. The van der Waals surface area contributed by atoms with Gasteiger partial charge >= 0.3 is 11.9 Å². The van der Waals surface area contributed by atoms with E-state index in [-0.39, 0.29) is 11.3 Å². The first-order chi connectivity index (χ1) is 17.1. The van der Waals surface area contributed by atoms with Crippen LogP contribution in [-0.2, 0) is 14.3 Å². The summed E-state index contributed by atoms with van der Waals surface area (Å²) in [5.74, 6) is 0.593. The van der Waals surface area contributed by atoms with Crippen LogP contribution in [0.25, 0.3) is 0 Å². The molecule has 1 heterocycles. The number of rotatable bonds is 6. The van der Waals surface area contributed by atoms with Crippen molar-refractivity contribution in [1.82, 2.24) is 0 Å². The normalized spacial score (nSPS) is 42.4. The third kappa shape index (κ3) is 4.53. The zero-order chi connectivity index (χ0) is 25.8. The van der Waals surface area contributed by atoms with Gasteiger partial charge in [0.1, 0.15) is 0 Å². The van der Waals surface area contributed by atoms with E-state index < -0.39 is 36.0 Å². The largest absolute Gasteiger partial charge is 0.393 e. The number of hydrogen-bond donors (Lipinski definition) is 2. The fraction of sp³-hybridized carbons (Fsp3) is 0.806. The fourth-order valence-corrected chi connectivity index (χ4v) is 9.01. The summed E-state index contributed by atoms with van der Waals surface area (Å²) in [7, 11) is 0. The van der Waals surface area contributed by atoms with E-state index >= 15 is 0 Å². The van der Waals surface area contributed by atoms with Crippen molar-refractivity contribution < 1.29 is 24.5 Å². The average molecular weight is 499 g/mol. The maximum Gasteiger partial charge on any atom is 0.318 e. The molecule has 5 aliphatic rings. The quantitative estimate of drug-likeness (QED) is 0.277. The molecule has 5 nitrogen and oxygen atoms in total. The second-order valence-electron chi connectivity index (χ2n) is 13.4. The van der Waals surface area contributed by atoms with Crippen LogP contribution in [-0.4, -0.2) is 34.4 Å². The molecule has 3 unspecified atom stereocenters. The molecule has 5 heteroatoms. The Kier molecular flexibility index (Phi) is 7.28. The first-order valence-corrected chi connectivity index (χ1v) is 14.6. The van der Waals surface area contributed by atoms with Crippen molar-refractivity contribution in [2.24, 2.45) is 46.8 Å². The van der Waals surface area contributed by atoms with Crippen LogP contribution in [0.15, 0.2) is 22.8 Å². The van der Waals surface area contributed by atoms with E-state index in [1.54, 1.807) is 0 Å². The number of ether oxygens (including phenoxy) is 1. The van der Waals surface area contributed by atoms with E-state index in [0.717, 1.165) is 41.7 Å². The Morgan fingerprint density at radius 2 is 1.83 bits per heavy atom. The third-order valence-electron chi connectivity index (χ3n) is 10.8. The summed E-state index contributed by atoms with van der Waals surface area (Å²) in [6, 6.07) is 0. The number of carbonyl (C=O) groups excluding carboxylic acids is 2. The van der Waals surface area contributed by atoms with Crippen molar-refractivity contribution in [3.8, 4) is 0 Å². The van der Waals surface area contributed by atoms with E-state index in [0.29, 0.717) is 25.2 Å². The molecule has 200 valence electrons. The molecular formula is C31H46O5. The molecule has 1 saturated heterocycles. The molecule has 3 fully saturated rings. The highest BCUT2D eigenvalue weighted by atomic mass is 16.6. The molecule has 1 aliphatic heterocycles. The standard InChI is InChI=1S/C31H46O5/c1-17(2)7-5-8-18(3)25-10-11-26-19(9-6-12-31(25,26)4)13-23-21-14-20(32)15-27(33)22(21)16-24-28(23)30(35)36-29(24)34/h13,17-18,20,23-28,32-33H,5-12,14-16H2,1-4H3/b19-13+/t18-,20-,23?,24?,25-,26+,27+,28?,31-/m1/s1. The van der Waals surface area contributed by atoms with Crippen LogP contribution in [0.4, 0.5) is 0 Å². The molecule has 5 rings (SSSR count). The Bertz CT molecular complexity index is 947. The van der Waals surface area contributed by atoms with Gasteiger partial charge in [0.15, 0.2) is 0 Å². The van der Waals surface area contributed by atoms with Crippen molar-refractivity contribution in [3.05, 3.63) is 22.8 Å². The van der Waals surface area contributed by atoms with Gasteiger partial charge in [-0.05, 0) is 79.6 Å². The molecule has 0 aromatic carbocycles. The van der Waals surface area contributed by atoms with Crippen molar-refractivity contribution in [2.75, 3.05) is 0 Å². The van der Waals surface area contributed by atoms with Crippen LogP contribution >= 0.6 is 0 Å². The zero-order valence-electron chi connectivity index (χ0n) is 22.7. The minimum absolute atomic E-state index is 0.248. The highest BCUT2D eigenvalue weighted by Crippen LogP contribution is 2.61. The lowest BCUT2D eigenvalue weighted by molar-refractivity contribution is -0.153. The first-order valence-electron chi connectivity index (χ1n) is 14.6. The smallest absolute Gasteiger partial charge is 0.318 e. The van der Waals surface area contributed by atoms with Crippen LogP contribution in [0.2, 0.25) is 0 Å². The maximum atomic E-state index is 12.9. The van der Waals surface area contributed by atoms with Gasteiger partial charge in [-0.25, -0.2) is 0 Å². The summed E-state index contributed by atoms with van der Waals surface area (Å²) in [6.45, 7) is 9.59. The second-order valence-corrected chi connectivity index (χ2v) is 13.4. The summed E-state index contributed by atoms with van der Waals surface area (Å²) < 4.78 is 5.13. The van der Waals surface area contributed by atoms with Crippen molar-refractivity contribution in [3.63, 3.8) is 0 Å². The lowest BCUT2D eigenvalue weighted by atomic mass is 9.59. The molecule has 0 bridgehead atoms. The highest BCUT2D eigenvalue weighted by molar-refractivity contribution is 5.97. The molecule has 0 aromatic heterocycles. The highest BCUT2D eigenvalue weighted by Gasteiger charge is 2.55. The van der Waals surface area contributed by atoms with Crippen molar-refractivity contribution in [1.29, 1.82) is 0 Å². The van der Waals surface area contributed by atoms with E-state index in [9.17, 15) is 19.8 Å². The van der Waals surface area contributed by atoms with Gasteiger partial charge < -0.3 is 14.9 Å². The van der Waals surface area contributed by atoms with Gasteiger partial charge in [0.25, 0.3) is 0 Å². The van der Waals surface area contributed by atoms with Crippen LogP contribution in [0.1, 0.15) is 98.3 Å². The summed E-state index contributed by atoms with van der Waals surface area (Å²) in [5.41, 5.74) is 3.59. The Labute approximate surface area is 216 Å². The van der Waals surface area contributed by atoms with Gasteiger partial charge in [0.2, 0.25) is 0 Å². The number of allylic oxidation sites excluding steroid dienone is 2. The summed E-state index contributed by atoms with van der Waals surface area (Å²) in [6.07, 6.45) is 12.0. The summed E-state index contributed by atoms with van der Waals surface area (Å²) in [5, 5.41) is 21.3. The van der Waals surface area contributed by atoms with Gasteiger partial charge in [-0.1, -0.05) is 64.2 Å². The van der Waals surface area contributed by atoms with Gasteiger partial charge in [0.05, 0.1) is 24.0 Å². The van der Waals surface area contributed by atoms with Crippen LogP contribution < -0.4 is 0 Å². The number of cyclic esters (lactones) is 2. The van der Waals surface area contributed by atoms with Gasteiger partial charge in [0, 0.05) is 12.3 Å². The summed E-state index contributed by atoms with van der Waals surface area (Å²) >= 11 is 0. The van der Waals surface area contributed by atoms with Crippen LogP contribution in [0, 0.1) is 46.8 Å². The molecular weight excluding hydrogens is 452 g/mol. The minimum Gasteiger partial charge on any atom is -0.393 e. The molecule has 0 aromatic rings. The lowest BCUT2D eigenvalue weighted by Crippen LogP contribution is -2.40. The van der Waals surface area contributed by atoms with Gasteiger partial charge in [-0.3, -0.25) is 9.59 Å². The monoisotopic (exact) mass is 498 g/mol. The molecule has 2 N–H and O–H groups in total. The number of carbonyl (C=O) groups is 2. The van der Waals surface area contributed by atoms with E-state index in [1.165, 1.54) is 44.1 Å². The van der Waals surface area contributed by atoms with Crippen LogP contribution in [0.5, 0.6) is 0 Å². The molecule has 0 spiro atoms. The molecule has 4 aliphatic carbocycles. The Balaban J connectivity index is 1.44. The van der Waals surface area contributed by atoms with Gasteiger partial charge in [-0.2, -0.15) is 0 Å². The van der Waals surface area contributed by atoms with Gasteiger partial charge in [-0.15, -0.1) is 0 Å². The number of esters is 2. The van der Waals surface area contributed by atoms with Crippen LogP contribution in [0.3, 0.4) is 0 Å². The van der Waals surface area contributed by atoms with E-state index in [2.05, 4.69) is 33.8 Å². The second kappa shape index (κ2) is 10.0. The Morgan fingerprint density at radius 1 is 1.06 bits per heavy atom. The van der Waals surface area contributed by atoms with Crippen molar-refractivity contribution in [2.45, 2.75) is 111 Å². The first kappa shape index (κ1) is 26.2. The van der Waals surface area contributed by atoms with Crippen molar-refractivity contribution >= 4 is 11.9 Å². The average Bonchev–Trinajstić information content (AvgIpc) is 3.30. The minimum atomic E-state index is -0.742. The predicted molar refractivity (Wildman–Crippen MR) is 139 cm³/mol. The topological polar surface area (TPSA) is 83.8 Å². The molecule has 36 heavy (non-hydrogen) atoms. The number of fused-ring (bicyclic) bond motifs is 2. The number of aliphatic hydroxyl groups excluding tert-OH is 2. The number of aliphatic hydroxyl groups is 2. The Morgan fingerprint density at radius 3 is 2.58 bits per heavy atom. The maximum absolute atomic E-state index is 12.9. The molecule has 9 atom stereocenters. The van der Waals surface area contributed by atoms with E-state index in [1.807, 2.05) is 0 Å². The fourth-order valence-electron chi connectivity index (χ4n) is 9.01. The molecule has 0 amide bonds. The zero-order valence-corrected chi connectivity index (χ0v) is 22.7. The number of hydrogen-bond acceptors (Lipinski definition) is 5.